The van der Waals surface area contributed by atoms with Crippen molar-refractivity contribution in [2.75, 3.05) is 0 Å². The van der Waals surface area contributed by atoms with Crippen LogP contribution in [0.3, 0.4) is 0 Å². The monoisotopic (exact) mass is 374 g/mol. The molecule has 0 aromatic carbocycles. The Morgan fingerprint density at radius 1 is 1.19 bits per heavy atom. The summed E-state index contributed by atoms with van der Waals surface area (Å²) in [6, 6.07) is -0.0758. The molecule has 0 aliphatic heterocycles. The highest BCUT2D eigenvalue weighted by Gasteiger charge is 2.24. The summed E-state index contributed by atoms with van der Waals surface area (Å²) in [7, 11) is 1.91. The average Bonchev–Trinajstić information content (AvgIpc) is 2.97. The van der Waals surface area contributed by atoms with E-state index in [1.54, 1.807) is 27.7 Å². The van der Waals surface area contributed by atoms with Crippen LogP contribution in [0.1, 0.15) is 69.8 Å². The Balaban J connectivity index is 2.15. The minimum absolute atomic E-state index is 0.0758. The van der Waals surface area contributed by atoms with E-state index in [4.69, 9.17) is 4.74 Å². The van der Waals surface area contributed by atoms with Crippen LogP contribution < -0.4 is 5.32 Å². The van der Waals surface area contributed by atoms with Gasteiger partial charge in [0.15, 0.2) is 0 Å². The zero-order valence-electron chi connectivity index (χ0n) is 17.5. The lowest BCUT2D eigenvalue weighted by Crippen LogP contribution is -2.35. The molecule has 1 amide bonds. The van der Waals surface area contributed by atoms with Crippen molar-refractivity contribution in [1.29, 1.82) is 0 Å². The standard InChI is InChI=1S/C20H30N4O3/c1-10(2)27-20(26)17-12(4)18(22-14(17)6)19(25)21-11(3)9-16-13(5)23-24(8)15(16)7/h10-11,22H,9H2,1-8H3,(H,21,25)/t11-/m1/s1. The van der Waals surface area contributed by atoms with Crippen molar-refractivity contribution < 1.29 is 14.3 Å². The number of hydrogen-bond acceptors (Lipinski definition) is 4. The third-order valence-electron chi connectivity index (χ3n) is 4.76. The number of rotatable bonds is 6. The normalized spacial score (nSPS) is 12.3. The maximum Gasteiger partial charge on any atom is 0.340 e. The van der Waals surface area contributed by atoms with Gasteiger partial charge in [-0.2, -0.15) is 5.10 Å². The van der Waals surface area contributed by atoms with Gasteiger partial charge in [0, 0.05) is 24.5 Å². The molecular weight excluding hydrogens is 344 g/mol. The third-order valence-corrected chi connectivity index (χ3v) is 4.76. The number of aromatic amines is 1. The number of H-pyrrole nitrogens is 1. The first-order valence-corrected chi connectivity index (χ1v) is 9.23. The smallest absolute Gasteiger partial charge is 0.340 e. The second kappa shape index (κ2) is 7.98. The molecule has 0 unspecified atom stereocenters. The van der Waals surface area contributed by atoms with E-state index in [9.17, 15) is 9.59 Å². The third kappa shape index (κ3) is 4.40. The first-order valence-electron chi connectivity index (χ1n) is 9.23. The number of carbonyl (C=O) groups is 2. The molecule has 2 heterocycles. The van der Waals surface area contributed by atoms with Crippen LogP contribution in [0.2, 0.25) is 0 Å². The molecule has 1 atom stereocenters. The van der Waals surface area contributed by atoms with Gasteiger partial charge >= 0.3 is 5.97 Å². The van der Waals surface area contributed by atoms with E-state index in [-0.39, 0.29) is 18.1 Å². The van der Waals surface area contributed by atoms with Gasteiger partial charge in [0.05, 0.1) is 17.4 Å². The number of carbonyl (C=O) groups excluding carboxylic acids is 2. The summed E-state index contributed by atoms with van der Waals surface area (Å²) < 4.78 is 7.13. The average molecular weight is 374 g/mol. The maximum atomic E-state index is 12.7. The van der Waals surface area contributed by atoms with E-state index < -0.39 is 5.97 Å². The van der Waals surface area contributed by atoms with Crippen molar-refractivity contribution in [2.24, 2.45) is 7.05 Å². The summed E-state index contributed by atoms with van der Waals surface area (Å²) in [5, 5.41) is 7.43. The Morgan fingerprint density at radius 2 is 1.81 bits per heavy atom. The molecule has 0 saturated carbocycles. The molecule has 7 nitrogen and oxygen atoms in total. The van der Waals surface area contributed by atoms with Crippen molar-refractivity contribution in [1.82, 2.24) is 20.1 Å². The zero-order valence-corrected chi connectivity index (χ0v) is 17.5. The molecule has 2 aromatic heterocycles. The Bertz CT molecular complexity index is 861. The molecule has 2 rings (SSSR count). The van der Waals surface area contributed by atoms with Gasteiger partial charge in [0.2, 0.25) is 0 Å². The van der Waals surface area contributed by atoms with Crippen molar-refractivity contribution in [3.63, 3.8) is 0 Å². The number of aromatic nitrogens is 3. The van der Waals surface area contributed by atoms with Crippen LogP contribution in [-0.4, -0.2) is 38.8 Å². The minimum Gasteiger partial charge on any atom is -0.459 e. The zero-order chi connectivity index (χ0) is 20.5. The van der Waals surface area contributed by atoms with E-state index in [1.807, 2.05) is 32.5 Å². The molecule has 2 aromatic rings. The van der Waals surface area contributed by atoms with Gasteiger partial charge in [-0.25, -0.2) is 4.79 Å². The molecule has 0 saturated heterocycles. The number of ether oxygens (including phenoxy) is 1. The molecule has 0 bridgehead atoms. The summed E-state index contributed by atoms with van der Waals surface area (Å²) in [6.07, 6.45) is 0.479. The molecule has 7 heteroatoms. The van der Waals surface area contributed by atoms with E-state index >= 15 is 0 Å². The molecule has 0 aliphatic carbocycles. The molecule has 0 aliphatic rings. The summed E-state index contributed by atoms with van der Waals surface area (Å²) in [5.41, 5.74) is 5.29. The molecule has 148 valence electrons. The quantitative estimate of drug-likeness (QED) is 0.761. The number of nitrogens with zero attached hydrogens (tertiary/aromatic N) is 2. The lowest BCUT2D eigenvalue weighted by atomic mass is 10.0. The summed E-state index contributed by atoms with van der Waals surface area (Å²) in [4.78, 5) is 28.1. The van der Waals surface area contributed by atoms with E-state index in [0.717, 1.165) is 17.0 Å². The lowest BCUT2D eigenvalue weighted by Gasteiger charge is -2.14. The van der Waals surface area contributed by atoms with Gasteiger partial charge in [-0.05, 0) is 66.0 Å². The number of amides is 1. The SMILES string of the molecule is Cc1nn(C)c(C)c1C[C@@H](C)NC(=O)c1[nH]c(C)c(C(=O)OC(C)C)c1C. The molecule has 27 heavy (non-hydrogen) atoms. The van der Waals surface area contributed by atoms with E-state index in [2.05, 4.69) is 15.4 Å². The predicted octanol–water partition coefficient (Wildman–Crippen LogP) is 2.91. The van der Waals surface area contributed by atoms with Crippen LogP contribution in [-0.2, 0) is 18.2 Å². The number of esters is 1. The Labute approximate surface area is 160 Å². The molecule has 0 spiro atoms. The highest BCUT2D eigenvalue weighted by molar-refractivity contribution is 6.00. The highest BCUT2D eigenvalue weighted by atomic mass is 16.5. The van der Waals surface area contributed by atoms with Crippen LogP contribution in [0.15, 0.2) is 0 Å². The predicted molar refractivity (Wildman–Crippen MR) is 104 cm³/mol. The summed E-state index contributed by atoms with van der Waals surface area (Å²) >= 11 is 0. The fourth-order valence-corrected chi connectivity index (χ4v) is 3.32. The maximum absolute atomic E-state index is 12.7. The van der Waals surface area contributed by atoms with Crippen LogP contribution in [0.4, 0.5) is 0 Å². The van der Waals surface area contributed by atoms with Gasteiger partial charge in [-0.3, -0.25) is 9.48 Å². The fourth-order valence-electron chi connectivity index (χ4n) is 3.32. The Kier molecular flexibility index (Phi) is 6.13. The van der Waals surface area contributed by atoms with E-state index in [0.29, 0.717) is 28.9 Å². The number of hydrogen-bond donors (Lipinski definition) is 2. The molecule has 0 fully saturated rings. The second-order valence-electron chi connectivity index (χ2n) is 7.43. The number of nitrogens with one attached hydrogen (secondary N) is 2. The van der Waals surface area contributed by atoms with Crippen molar-refractivity contribution in [3.05, 3.63) is 39.5 Å². The minimum atomic E-state index is -0.412. The Hall–Kier alpha value is -2.57. The van der Waals surface area contributed by atoms with E-state index in [1.165, 1.54) is 0 Å². The first kappa shape index (κ1) is 20.7. The summed E-state index contributed by atoms with van der Waals surface area (Å²) in [5.74, 6) is -0.643. The van der Waals surface area contributed by atoms with Crippen molar-refractivity contribution in [3.8, 4) is 0 Å². The van der Waals surface area contributed by atoms with Crippen LogP contribution in [0.5, 0.6) is 0 Å². The molecule has 0 radical (unpaired) electrons. The van der Waals surface area contributed by atoms with Crippen LogP contribution in [0.25, 0.3) is 0 Å². The van der Waals surface area contributed by atoms with Crippen molar-refractivity contribution >= 4 is 11.9 Å². The van der Waals surface area contributed by atoms with Gasteiger partial charge in [-0.15, -0.1) is 0 Å². The van der Waals surface area contributed by atoms with Gasteiger partial charge in [0.25, 0.3) is 5.91 Å². The van der Waals surface area contributed by atoms with Gasteiger partial charge in [0.1, 0.15) is 5.69 Å². The molecule has 2 N–H and O–H groups in total. The van der Waals surface area contributed by atoms with Gasteiger partial charge < -0.3 is 15.0 Å². The highest BCUT2D eigenvalue weighted by Crippen LogP contribution is 2.20. The lowest BCUT2D eigenvalue weighted by molar-refractivity contribution is 0.0376. The summed E-state index contributed by atoms with van der Waals surface area (Å²) in [6.45, 7) is 13.1. The second-order valence-corrected chi connectivity index (χ2v) is 7.43. The van der Waals surface area contributed by atoms with Crippen LogP contribution in [0, 0.1) is 27.7 Å². The molecular formula is C20H30N4O3. The van der Waals surface area contributed by atoms with Crippen molar-refractivity contribution in [2.45, 2.75) is 67.0 Å². The van der Waals surface area contributed by atoms with Gasteiger partial charge in [-0.1, -0.05) is 0 Å². The fraction of sp³-hybridized carbons (Fsp3) is 0.550. The largest absolute Gasteiger partial charge is 0.459 e. The first-order chi connectivity index (χ1) is 12.5. The number of aryl methyl sites for hydroxylation is 3. The topological polar surface area (TPSA) is 89.0 Å². The van der Waals surface area contributed by atoms with Crippen LogP contribution >= 0.6 is 0 Å². The Morgan fingerprint density at radius 3 is 2.33 bits per heavy atom.